The molecule has 2 fully saturated rings. The van der Waals surface area contributed by atoms with Crippen molar-refractivity contribution < 1.29 is 22.7 Å². The molecule has 144 valence electrons. The van der Waals surface area contributed by atoms with Gasteiger partial charge < -0.3 is 10.1 Å². The summed E-state index contributed by atoms with van der Waals surface area (Å²) in [5.41, 5.74) is 1.61. The zero-order valence-corrected chi connectivity index (χ0v) is 15.1. The van der Waals surface area contributed by atoms with Gasteiger partial charge in [-0.05, 0) is 23.8 Å². The highest BCUT2D eigenvalue weighted by atomic mass is 35.5. The van der Waals surface area contributed by atoms with Crippen LogP contribution in [0.25, 0.3) is 0 Å². The Labute approximate surface area is 164 Å². The van der Waals surface area contributed by atoms with E-state index < -0.39 is 30.0 Å². The normalized spacial score (nSPS) is 23.2. The molecule has 4 rings (SSSR count). The molecule has 0 bridgehead atoms. The highest BCUT2D eigenvalue weighted by Crippen LogP contribution is 2.42. The number of ether oxygens (including phenoxy) is 1. The van der Waals surface area contributed by atoms with Crippen molar-refractivity contribution in [2.45, 2.75) is 30.9 Å². The third-order valence-electron chi connectivity index (χ3n) is 4.71. The van der Waals surface area contributed by atoms with Crippen LogP contribution in [0.1, 0.15) is 41.7 Å². The first-order valence-corrected chi connectivity index (χ1v) is 8.95. The highest BCUT2D eigenvalue weighted by Gasteiger charge is 2.44. The molecular formula is C20H14ClF3N2O2. The van der Waals surface area contributed by atoms with E-state index in [1.54, 1.807) is 12.3 Å². The first-order chi connectivity index (χ1) is 13.3. The average Bonchev–Trinajstić information content (AvgIpc) is 3.00. The number of benzene rings is 1. The van der Waals surface area contributed by atoms with Gasteiger partial charge in [0.15, 0.2) is 6.10 Å². The van der Waals surface area contributed by atoms with Gasteiger partial charge in [-0.3, -0.25) is 4.98 Å². The zero-order valence-electron chi connectivity index (χ0n) is 14.4. The molecule has 0 unspecified atom stereocenters. The monoisotopic (exact) mass is 406 g/mol. The maximum absolute atomic E-state index is 13.3. The second-order valence-electron chi connectivity index (χ2n) is 6.85. The Hall–Kier alpha value is -2.72. The number of hydrogen-bond donors (Lipinski definition) is 1. The minimum absolute atomic E-state index is 0.140. The molecule has 2 aromatic rings. The van der Waals surface area contributed by atoms with Crippen LogP contribution in [-0.4, -0.2) is 17.0 Å². The predicted molar refractivity (Wildman–Crippen MR) is 95.3 cm³/mol. The predicted octanol–water partition coefficient (Wildman–Crippen LogP) is 4.79. The van der Waals surface area contributed by atoms with E-state index in [9.17, 15) is 18.0 Å². The van der Waals surface area contributed by atoms with Crippen molar-refractivity contribution in [3.05, 3.63) is 64.2 Å². The summed E-state index contributed by atoms with van der Waals surface area (Å²) in [7, 11) is 0. The highest BCUT2D eigenvalue weighted by molar-refractivity contribution is 6.31. The second kappa shape index (κ2) is 7.02. The first kappa shape index (κ1) is 18.6. The Balaban J connectivity index is 1.59. The van der Waals surface area contributed by atoms with Crippen LogP contribution in [0.5, 0.6) is 0 Å². The summed E-state index contributed by atoms with van der Waals surface area (Å²) in [6.07, 6.45) is 1.20. The van der Waals surface area contributed by atoms with Crippen LogP contribution in [-0.2, 0) is 4.74 Å². The van der Waals surface area contributed by atoms with E-state index in [1.165, 1.54) is 18.3 Å². The number of carbonyl (C=O) groups is 1. The number of nitrogens with one attached hydrogen (secondary N) is 1. The van der Waals surface area contributed by atoms with E-state index in [-0.39, 0.29) is 23.8 Å². The first-order valence-electron chi connectivity index (χ1n) is 8.57. The van der Waals surface area contributed by atoms with Gasteiger partial charge in [0, 0.05) is 42.3 Å². The van der Waals surface area contributed by atoms with E-state index >= 15 is 0 Å². The van der Waals surface area contributed by atoms with Crippen molar-refractivity contribution in [1.82, 2.24) is 10.3 Å². The number of alkyl halides is 2. The number of nitrogens with zero attached hydrogens (tertiary/aromatic N) is 1. The number of amides is 1. The molecule has 2 aliphatic rings. The van der Waals surface area contributed by atoms with Crippen molar-refractivity contribution in [3.8, 4) is 11.8 Å². The zero-order chi connectivity index (χ0) is 19.9. The quantitative estimate of drug-likeness (QED) is 0.729. The molecule has 8 heteroatoms. The summed E-state index contributed by atoms with van der Waals surface area (Å²) in [5, 5.41) is 2.82. The van der Waals surface area contributed by atoms with Gasteiger partial charge in [0.2, 0.25) is 0 Å². The van der Waals surface area contributed by atoms with Crippen molar-refractivity contribution >= 4 is 17.7 Å². The molecule has 28 heavy (non-hydrogen) atoms. The Morgan fingerprint density at radius 3 is 2.75 bits per heavy atom. The van der Waals surface area contributed by atoms with Crippen LogP contribution in [0.4, 0.5) is 18.0 Å². The molecule has 2 heterocycles. The lowest BCUT2D eigenvalue weighted by atomic mass is 9.82. The van der Waals surface area contributed by atoms with Crippen LogP contribution in [0.15, 0.2) is 36.7 Å². The summed E-state index contributed by atoms with van der Waals surface area (Å²) in [5.74, 6) is 2.23. The van der Waals surface area contributed by atoms with Crippen LogP contribution in [0.2, 0.25) is 5.02 Å². The second-order valence-corrected chi connectivity index (χ2v) is 7.26. The lowest BCUT2D eigenvalue weighted by molar-refractivity contribution is -0.0936. The number of hydrogen-bond acceptors (Lipinski definition) is 3. The summed E-state index contributed by atoms with van der Waals surface area (Å²) >= 11 is 6.11. The maximum atomic E-state index is 13.3. The van der Waals surface area contributed by atoms with E-state index in [0.29, 0.717) is 16.7 Å². The van der Waals surface area contributed by atoms with Gasteiger partial charge in [-0.2, -0.15) is 0 Å². The van der Waals surface area contributed by atoms with Crippen molar-refractivity contribution in [2.75, 3.05) is 0 Å². The molecule has 2 atom stereocenters. The third-order valence-corrected chi connectivity index (χ3v) is 5.04. The minimum Gasteiger partial charge on any atom is -0.439 e. The standard InChI is InChI=1S/C20H14ClF3N2O2/c21-16-6-14(22)3-4-15(16)18-17(26-19(27)28-18)13-5-11(9-25-10-13)1-2-12-7-20(23,24)8-12/h3-6,9-10,12,17-18H,7-8H2,(H,26,27)/t17-,18-/m1/s1. The molecule has 1 aliphatic carbocycles. The van der Waals surface area contributed by atoms with E-state index in [0.717, 1.165) is 6.07 Å². The third kappa shape index (κ3) is 3.78. The maximum Gasteiger partial charge on any atom is 0.408 e. The largest absolute Gasteiger partial charge is 0.439 e. The average molecular weight is 407 g/mol. The lowest BCUT2D eigenvalue weighted by Gasteiger charge is -2.31. The Morgan fingerprint density at radius 2 is 2.04 bits per heavy atom. The summed E-state index contributed by atoms with van der Waals surface area (Å²) in [6.45, 7) is 0. The number of rotatable bonds is 2. The van der Waals surface area contributed by atoms with Gasteiger partial charge in [0.25, 0.3) is 5.92 Å². The molecule has 1 saturated carbocycles. The van der Waals surface area contributed by atoms with E-state index in [1.807, 2.05) is 0 Å². The molecule has 1 aromatic carbocycles. The lowest BCUT2D eigenvalue weighted by Crippen LogP contribution is -2.34. The van der Waals surface area contributed by atoms with Crippen molar-refractivity contribution in [2.24, 2.45) is 5.92 Å². The van der Waals surface area contributed by atoms with Crippen LogP contribution in [0.3, 0.4) is 0 Å². The molecule has 4 nitrogen and oxygen atoms in total. The number of aromatic nitrogens is 1. The number of cyclic esters (lactones) is 1. The Bertz CT molecular complexity index is 994. The minimum atomic E-state index is -2.62. The molecule has 0 radical (unpaired) electrons. The number of halogens is 4. The summed E-state index contributed by atoms with van der Waals surface area (Å²) in [6, 6.07) is 4.95. The van der Waals surface area contributed by atoms with Crippen molar-refractivity contribution in [3.63, 3.8) is 0 Å². The van der Waals surface area contributed by atoms with E-state index in [2.05, 4.69) is 22.1 Å². The van der Waals surface area contributed by atoms with Gasteiger partial charge in [0.1, 0.15) is 11.9 Å². The van der Waals surface area contributed by atoms with Gasteiger partial charge in [-0.25, -0.2) is 18.0 Å². The molecule has 1 amide bonds. The van der Waals surface area contributed by atoms with Gasteiger partial charge in [-0.15, -0.1) is 0 Å². The molecule has 1 N–H and O–H groups in total. The van der Waals surface area contributed by atoms with Crippen LogP contribution >= 0.6 is 11.6 Å². The topological polar surface area (TPSA) is 51.2 Å². The number of pyridine rings is 1. The van der Waals surface area contributed by atoms with Gasteiger partial charge >= 0.3 is 6.09 Å². The smallest absolute Gasteiger partial charge is 0.408 e. The number of alkyl carbamates (subject to hydrolysis) is 1. The molecule has 1 aliphatic heterocycles. The van der Waals surface area contributed by atoms with Crippen LogP contribution in [0, 0.1) is 23.6 Å². The molecule has 1 aromatic heterocycles. The van der Waals surface area contributed by atoms with E-state index in [4.69, 9.17) is 16.3 Å². The van der Waals surface area contributed by atoms with Gasteiger partial charge in [0.05, 0.1) is 5.02 Å². The fraction of sp³-hybridized carbons (Fsp3) is 0.300. The van der Waals surface area contributed by atoms with Crippen LogP contribution < -0.4 is 5.32 Å². The Kier molecular flexibility index (Phi) is 4.68. The molecule has 0 spiro atoms. The van der Waals surface area contributed by atoms with Crippen molar-refractivity contribution in [1.29, 1.82) is 0 Å². The molecule has 1 saturated heterocycles. The summed E-state index contributed by atoms with van der Waals surface area (Å²) < 4.78 is 44.5. The number of carbonyl (C=O) groups excluding carboxylic acids is 1. The fourth-order valence-electron chi connectivity index (χ4n) is 3.30. The summed E-state index contributed by atoms with van der Waals surface area (Å²) in [4.78, 5) is 15.9. The Morgan fingerprint density at radius 1 is 1.25 bits per heavy atom. The fourth-order valence-corrected chi connectivity index (χ4v) is 3.57. The van der Waals surface area contributed by atoms with Gasteiger partial charge in [-0.1, -0.05) is 29.5 Å². The SMILES string of the molecule is O=C1N[C@H](c2cncc(C#CC3CC(F)(F)C3)c2)[C@@H](c2ccc(F)cc2Cl)O1. The molecular weight excluding hydrogens is 393 g/mol.